The third-order valence-electron chi connectivity index (χ3n) is 5.01. The molecular weight excluding hydrogens is 256 g/mol. The van der Waals surface area contributed by atoms with Crippen molar-refractivity contribution in [2.24, 2.45) is 0 Å². The molecule has 110 valence electrons. The minimum absolute atomic E-state index is 0.513. The number of rotatable bonds is 3. The zero-order valence-electron chi connectivity index (χ0n) is 13.2. The van der Waals surface area contributed by atoms with E-state index in [1.807, 2.05) is 6.07 Å². The topological polar surface area (TPSA) is 20.2 Å². The maximum absolute atomic E-state index is 10.9. The molecule has 21 heavy (non-hydrogen) atoms. The maximum Gasteiger partial charge on any atom is 0.105 e. The van der Waals surface area contributed by atoms with Gasteiger partial charge >= 0.3 is 0 Å². The van der Waals surface area contributed by atoms with Crippen molar-refractivity contribution in [3.63, 3.8) is 0 Å². The van der Waals surface area contributed by atoms with Gasteiger partial charge in [0.25, 0.3) is 0 Å². The fraction of sp³-hybridized carbons (Fsp3) is 0.400. The second kappa shape index (κ2) is 5.65. The molecule has 1 unspecified atom stereocenters. The smallest absolute Gasteiger partial charge is 0.105 e. The summed E-state index contributed by atoms with van der Waals surface area (Å²) in [6.07, 6.45) is 3.32. The van der Waals surface area contributed by atoms with Crippen molar-refractivity contribution >= 4 is 0 Å². The van der Waals surface area contributed by atoms with Gasteiger partial charge in [-0.2, -0.15) is 0 Å². The highest BCUT2D eigenvalue weighted by Crippen LogP contribution is 2.41. The average Bonchev–Trinajstić information content (AvgIpc) is 2.41. The third kappa shape index (κ3) is 2.63. The molecular formula is C20H24O. The predicted octanol–water partition coefficient (Wildman–Crippen LogP) is 4.96. The van der Waals surface area contributed by atoms with E-state index < -0.39 is 6.10 Å². The van der Waals surface area contributed by atoms with Crippen LogP contribution in [0.1, 0.15) is 64.7 Å². The van der Waals surface area contributed by atoms with Gasteiger partial charge in [-0.3, -0.25) is 0 Å². The second-order valence-corrected chi connectivity index (χ2v) is 6.45. The van der Waals surface area contributed by atoms with Crippen LogP contribution in [0.5, 0.6) is 0 Å². The number of benzene rings is 2. The van der Waals surface area contributed by atoms with Crippen LogP contribution in [0.25, 0.3) is 0 Å². The summed E-state index contributed by atoms with van der Waals surface area (Å²) in [5, 5.41) is 10.9. The summed E-state index contributed by atoms with van der Waals surface area (Å²) in [7, 11) is 0. The first-order chi connectivity index (χ1) is 10.1. The van der Waals surface area contributed by atoms with Crippen molar-refractivity contribution < 1.29 is 5.11 Å². The minimum Gasteiger partial charge on any atom is -0.384 e. The molecule has 2 aromatic rings. The Bertz CT molecular complexity index is 653. The summed E-state index contributed by atoms with van der Waals surface area (Å²) >= 11 is 0. The summed E-state index contributed by atoms with van der Waals surface area (Å²) < 4.78 is 0. The van der Waals surface area contributed by atoms with E-state index in [9.17, 15) is 5.11 Å². The number of hydrogen-bond acceptors (Lipinski definition) is 1. The molecule has 1 aliphatic carbocycles. The van der Waals surface area contributed by atoms with Crippen molar-refractivity contribution in [2.45, 2.75) is 52.1 Å². The molecule has 1 N–H and O–H groups in total. The Kier molecular flexibility index (Phi) is 3.86. The van der Waals surface area contributed by atoms with Crippen LogP contribution in [0.15, 0.2) is 36.4 Å². The molecule has 0 heterocycles. The molecule has 0 bridgehead atoms. The SMILES string of the molecule is Cc1cc(C)c(C(O)c2ccccc2C2CCC2)cc1C. The van der Waals surface area contributed by atoms with Gasteiger partial charge in [-0.25, -0.2) is 0 Å². The Balaban J connectivity index is 2.02. The lowest BCUT2D eigenvalue weighted by Gasteiger charge is -2.29. The van der Waals surface area contributed by atoms with Crippen molar-refractivity contribution in [3.8, 4) is 0 Å². The maximum atomic E-state index is 10.9. The summed E-state index contributed by atoms with van der Waals surface area (Å²) in [6, 6.07) is 12.7. The van der Waals surface area contributed by atoms with E-state index in [1.54, 1.807) is 0 Å². The highest BCUT2D eigenvalue weighted by Gasteiger charge is 2.25. The van der Waals surface area contributed by atoms with Gasteiger partial charge < -0.3 is 5.11 Å². The molecule has 0 aliphatic heterocycles. The van der Waals surface area contributed by atoms with Gasteiger partial charge in [-0.15, -0.1) is 0 Å². The molecule has 1 atom stereocenters. The molecule has 1 aliphatic rings. The molecule has 0 amide bonds. The summed E-state index contributed by atoms with van der Waals surface area (Å²) in [5.41, 5.74) is 7.19. The highest BCUT2D eigenvalue weighted by molar-refractivity contribution is 5.44. The number of aliphatic hydroxyl groups excluding tert-OH is 1. The standard InChI is InChI=1S/C20H24O/c1-13-11-15(3)19(12-14(13)2)20(21)18-10-5-4-9-17(18)16-7-6-8-16/h4-5,9-12,16,20-21H,6-8H2,1-3H3. The molecule has 1 nitrogen and oxygen atoms in total. The second-order valence-electron chi connectivity index (χ2n) is 6.45. The quantitative estimate of drug-likeness (QED) is 0.842. The Morgan fingerprint density at radius 2 is 1.57 bits per heavy atom. The first kappa shape index (κ1) is 14.3. The first-order valence-electron chi connectivity index (χ1n) is 7.92. The van der Waals surface area contributed by atoms with Gasteiger partial charge in [0.2, 0.25) is 0 Å². The normalized spacial score (nSPS) is 16.6. The molecule has 0 aromatic heterocycles. The lowest BCUT2D eigenvalue weighted by Crippen LogP contribution is -2.14. The van der Waals surface area contributed by atoms with Crippen LogP contribution in [0.3, 0.4) is 0 Å². The largest absolute Gasteiger partial charge is 0.384 e. The zero-order valence-corrected chi connectivity index (χ0v) is 13.2. The highest BCUT2D eigenvalue weighted by atomic mass is 16.3. The number of hydrogen-bond donors (Lipinski definition) is 1. The Morgan fingerprint density at radius 1 is 0.905 bits per heavy atom. The fourth-order valence-electron chi connectivity index (χ4n) is 3.30. The van der Waals surface area contributed by atoms with E-state index in [4.69, 9.17) is 0 Å². The minimum atomic E-state index is -0.513. The van der Waals surface area contributed by atoms with Gasteiger partial charge in [0, 0.05) is 0 Å². The van der Waals surface area contributed by atoms with E-state index in [0.29, 0.717) is 5.92 Å². The van der Waals surface area contributed by atoms with Gasteiger partial charge in [0.05, 0.1) is 0 Å². The summed E-state index contributed by atoms with van der Waals surface area (Å²) in [5.74, 6) is 0.641. The van der Waals surface area contributed by atoms with Gasteiger partial charge in [-0.05, 0) is 72.9 Å². The lowest BCUT2D eigenvalue weighted by atomic mass is 9.76. The van der Waals surface area contributed by atoms with Crippen LogP contribution >= 0.6 is 0 Å². The Labute approximate surface area is 127 Å². The molecule has 0 saturated heterocycles. The summed E-state index contributed by atoms with van der Waals surface area (Å²) in [4.78, 5) is 0. The van der Waals surface area contributed by atoms with E-state index >= 15 is 0 Å². The first-order valence-corrected chi connectivity index (χ1v) is 7.92. The van der Waals surface area contributed by atoms with Crippen molar-refractivity contribution in [1.29, 1.82) is 0 Å². The molecule has 3 rings (SSSR count). The van der Waals surface area contributed by atoms with Crippen LogP contribution in [-0.4, -0.2) is 5.11 Å². The summed E-state index contributed by atoms with van der Waals surface area (Å²) in [6.45, 7) is 6.33. The van der Waals surface area contributed by atoms with Gasteiger partial charge in [0.1, 0.15) is 6.10 Å². The molecule has 1 fully saturated rings. The van der Waals surface area contributed by atoms with Crippen LogP contribution in [0.4, 0.5) is 0 Å². The van der Waals surface area contributed by atoms with E-state index in [1.165, 1.54) is 41.5 Å². The predicted molar refractivity (Wildman–Crippen MR) is 87.7 cm³/mol. The van der Waals surface area contributed by atoms with Crippen LogP contribution in [0, 0.1) is 20.8 Å². The lowest BCUT2D eigenvalue weighted by molar-refractivity contribution is 0.216. The van der Waals surface area contributed by atoms with Crippen LogP contribution in [-0.2, 0) is 0 Å². The van der Waals surface area contributed by atoms with E-state index in [2.05, 4.69) is 51.1 Å². The number of aryl methyl sites for hydroxylation is 3. The van der Waals surface area contributed by atoms with Crippen molar-refractivity contribution in [2.75, 3.05) is 0 Å². The molecule has 1 saturated carbocycles. The van der Waals surface area contributed by atoms with Crippen molar-refractivity contribution in [3.05, 3.63) is 69.8 Å². The average molecular weight is 280 g/mol. The van der Waals surface area contributed by atoms with Crippen LogP contribution < -0.4 is 0 Å². The molecule has 0 radical (unpaired) electrons. The Morgan fingerprint density at radius 3 is 2.24 bits per heavy atom. The zero-order chi connectivity index (χ0) is 15.0. The third-order valence-corrected chi connectivity index (χ3v) is 5.01. The fourth-order valence-corrected chi connectivity index (χ4v) is 3.30. The molecule has 0 spiro atoms. The van der Waals surface area contributed by atoms with E-state index in [0.717, 1.165) is 11.1 Å². The Hall–Kier alpha value is -1.60. The monoisotopic (exact) mass is 280 g/mol. The molecule has 2 aromatic carbocycles. The van der Waals surface area contributed by atoms with Gasteiger partial charge in [-0.1, -0.05) is 42.8 Å². The number of aliphatic hydroxyl groups is 1. The van der Waals surface area contributed by atoms with Crippen molar-refractivity contribution in [1.82, 2.24) is 0 Å². The molecule has 1 heteroatoms. The van der Waals surface area contributed by atoms with Gasteiger partial charge in [0.15, 0.2) is 0 Å². The van der Waals surface area contributed by atoms with E-state index in [-0.39, 0.29) is 0 Å². The van der Waals surface area contributed by atoms with Crippen LogP contribution in [0.2, 0.25) is 0 Å².